The molecule has 0 amide bonds. The van der Waals surface area contributed by atoms with E-state index in [1.807, 2.05) is 18.2 Å². The standard InChI is InChI=1S/C28H33NO4/c1-5-27(30)33-25-16-13-21(19-26(25)32-4)18-23-10-8-9-22(28(23)31)17-20-11-14-24(15-12-20)29(6-2)7-3/h11-19H,5-10H2,1-4H3/b22-17+,23-18+. The molecule has 2 aromatic rings. The molecule has 0 radical (unpaired) electrons. The van der Waals surface area contributed by atoms with Gasteiger partial charge in [0.05, 0.1) is 7.11 Å². The van der Waals surface area contributed by atoms with Gasteiger partial charge in [0.1, 0.15) is 0 Å². The maximum Gasteiger partial charge on any atom is 0.311 e. The average Bonchev–Trinajstić information content (AvgIpc) is 2.84. The summed E-state index contributed by atoms with van der Waals surface area (Å²) < 4.78 is 10.7. The summed E-state index contributed by atoms with van der Waals surface area (Å²) in [6, 6.07) is 13.7. The van der Waals surface area contributed by atoms with Crippen LogP contribution in [0.25, 0.3) is 12.2 Å². The molecule has 5 heteroatoms. The van der Waals surface area contributed by atoms with Crippen LogP contribution in [0.15, 0.2) is 53.6 Å². The second-order valence-electron chi connectivity index (χ2n) is 8.02. The van der Waals surface area contributed by atoms with Crippen LogP contribution in [0.1, 0.15) is 57.6 Å². The Morgan fingerprint density at radius 2 is 1.52 bits per heavy atom. The molecular weight excluding hydrogens is 414 g/mol. The van der Waals surface area contributed by atoms with E-state index < -0.39 is 0 Å². The first kappa shape index (κ1) is 24.3. The number of ether oxygens (including phenoxy) is 2. The van der Waals surface area contributed by atoms with Crippen molar-refractivity contribution < 1.29 is 19.1 Å². The number of carbonyl (C=O) groups is 2. The topological polar surface area (TPSA) is 55.8 Å². The molecule has 1 aliphatic rings. The molecule has 0 aliphatic heterocycles. The van der Waals surface area contributed by atoms with Gasteiger partial charge in [-0.25, -0.2) is 0 Å². The zero-order valence-corrected chi connectivity index (χ0v) is 20.0. The zero-order chi connectivity index (χ0) is 23.8. The van der Waals surface area contributed by atoms with Crippen LogP contribution in [0.3, 0.4) is 0 Å². The lowest BCUT2D eigenvalue weighted by Gasteiger charge is -2.21. The van der Waals surface area contributed by atoms with E-state index in [0.29, 0.717) is 11.5 Å². The number of anilines is 1. The molecule has 0 aromatic heterocycles. The highest BCUT2D eigenvalue weighted by molar-refractivity contribution is 6.14. The van der Waals surface area contributed by atoms with Crippen molar-refractivity contribution >= 4 is 29.6 Å². The fourth-order valence-corrected chi connectivity index (χ4v) is 4.00. The first-order chi connectivity index (χ1) is 16.0. The first-order valence-electron chi connectivity index (χ1n) is 11.7. The summed E-state index contributed by atoms with van der Waals surface area (Å²) in [5, 5.41) is 0. The van der Waals surface area contributed by atoms with Crippen molar-refractivity contribution in [3.63, 3.8) is 0 Å². The van der Waals surface area contributed by atoms with Crippen molar-refractivity contribution in [2.75, 3.05) is 25.1 Å². The largest absolute Gasteiger partial charge is 0.493 e. The van der Waals surface area contributed by atoms with Gasteiger partial charge in [-0.2, -0.15) is 0 Å². The Hall–Kier alpha value is -3.34. The molecule has 0 N–H and O–H groups in total. The monoisotopic (exact) mass is 447 g/mol. The van der Waals surface area contributed by atoms with Crippen molar-refractivity contribution in [2.24, 2.45) is 0 Å². The highest BCUT2D eigenvalue weighted by Gasteiger charge is 2.21. The van der Waals surface area contributed by atoms with Gasteiger partial charge in [-0.05, 0) is 80.7 Å². The fraction of sp³-hybridized carbons (Fsp3) is 0.357. The lowest BCUT2D eigenvalue weighted by Crippen LogP contribution is -2.21. The van der Waals surface area contributed by atoms with Gasteiger partial charge in [-0.3, -0.25) is 9.59 Å². The molecule has 174 valence electrons. The minimum absolute atomic E-state index is 0.0922. The van der Waals surface area contributed by atoms with Crippen LogP contribution in [0.2, 0.25) is 0 Å². The Balaban J connectivity index is 1.80. The van der Waals surface area contributed by atoms with Crippen LogP contribution in [-0.4, -0.2) is 32.0 Å². The molecule has 1 saturated carbocycles. The third-order valence-electron chi connectivity index (χ3n) is 5.88. The summed E-state index contributed by atoms with van der Waals surface area (Å²) in [5.74, 6) is 0.630. The summed E-state index contributed by atoms with van der Waals surface area (Å²) in [5.41, 5.74) is 4.70. The molecule has 3 rings (SSSR count). The maximum absolute atomic E-state index is 13.2. The summed E-state index contributed by atoms with van der Waals surface area (Å²) in [6.07, 6.45) is 6.66. The smallest absolute Gasteiger partial charge is 0.311 e. The van der Waals surface area contributed by atoms with Gasteiger partial charge in [-0.1, -0.05) is 25.1 Å². The lowest BCUT2D eigenvalue weighted by molar-refractivity contribution is -0.134. The van der Waals surface area contributed by atoms with E-state index >= 15 is 0 Å². The Morgan fingerprint density at radius 1 is 0.909 bits per heavy atom. The second kappa shape index (κ2) is 11.5. The van der Waals surface area contributed by atoms with Crippen LogP contribution >= 0.6 is 0 Å². The lowest BCUT2D eigenvalue weighted by atomic mass is 9.87. The number of benzene rings is 2. The molecule has 5 nitrogen and oxygen atoms in total. The first-order valence-corrected chi connectivity index (χ1v) is 11.7. The van der Waals surface area contributed by atoms with Crippen LogP contribution in [0.4, 0.5) is 5.69 Å². The minimum atomic E-state index is -0.318. The Kier molecular flexibility index (Phi) is 8.47. The average molecular weight is 448 g/mol. The van der Waals surface area contributed by atoms with Gasteiger partial charge in [0.25, 0.3) is 0 Å². The molecule has 2 aromatic carbocycles. The number of carbonyl (C=O) groups excluding carboxylic acids is 2. The van der Waals surface area contributed by atoms with Crippen LogP contribution in [-0.2, 0) is 9.59 Å². The van der Waals surface area contributed by atoms with Crippen molar-refractivity contribution in [3.8, 4) is 11.5 Å². The Labute approximate surface area is 196 Å². The van der Waals surface area contributed by atoms with Gasteiger partial charge in [0.2, 0.25) is 0 Å². The van der Waals surface area contributed by atoms with Crippen LogP contribution in [0, 0.1) is 0 Å². The zero-order valence-electron chi connectivity index (χ0n) is 20.0. The number of Topliss-reactive ketones (excluding diaryl/α,β-unsaturated/α-hetero) is 1. The molecule has 0 saturated heterocycles. The molecule has 1 aliphatic carbocycles. The SMILES string of the molecule is CCC(=O)Oc1ccc(/C=C2\CCC/C(=C\c3ccc(N(CC)CC)cc3)C2=O)cc1OC. The Morgan fingerprint density at radius 3 is 2.09 bits per heavy atom. The molecule has 0 unspecified atom stereocenters. The molecule has 0 bridgehead atoms. The van der Waals surface area contributed by atoms with E-state index in [-0.39, 0.29) is 18.2 Å². The number of allylic oxidation sites excluding steroid dienone is 2. The molecular formula is C28H33NO4. The number of hydrogen-bond donors (Lipinski definition) is 0. The van der Waals surface area contributed by atoms with E-state index in [1.54, 1.807) is 19.1 Å². The van der Waals surface area contributed by atoms with Crippen molar-refractivity contribution in [2.45, 2.75) is 46.5 Å². The molecule has 1 fully saturated rings. The highest BCUT2D eigenvalue weighted by Crippen LogP contribution is 2.32. The van der Waals surface area contributed by atoms with Crippen LogP contribution < -0.4 is 14.4 Å². The minimum Gasteiger partial charge on any atom is -0.493 e. The number of esters is 1. The van der Waals surface area contributed by atoms with Crippen LogP contribution in [0.5, 0.6) is 11.5 Å². The number of ketones is 1. The number of hydrogen-bond acceptors (Lipinski definition) is 5. The number of rotatable bonds is 8. The molecule has 33 heavy (non-hydrogen) atoms. The summed E-state index contributed by atoms with van der Waals surface area (Å²) in [4.78, 5) is 27.1. The third-order valence-corrected chi connectivity index (χ3v) is 5.88. The summed E-state index contributed by atoms with van der Waals surface area (Å²) in [7, 11) is 1.54. The second-order valence-corrected chi connectivity index (χ2v) is 8.02. The van der Waals surface area contributed by atoms with E-state index in [0.717, 1.165) is 54.6 Å². The predicted octanol–water partition coefficient (Wildman–Crippen LogP) is 6.08. The summed E-state index contributed by atoms with van der Waals surface area (Å²) in [6.45, 7) is 7.98. The maximum atomic E-state index is 13.2. The van der Waals surface area contributed by atoms with Crippen molar-refractivity contribution in [1.29, 1.82) is 0 Å². The molecule has 0 atom stereocenters. The summed E-state index contributed by atoms with van der Waals surface area (Å²) >= 11 is 0. The number of nitrogens with zero attached hydrogens (tertiary/aromatic N) is 1. The highest BCUT2D eigenvalue weighted by atomic mass is 16.6. The number of methoxy groups -OCH3 is 1. The van der Waals surface area contributed by atoms with Crippen molar-refractivity contribution in [1.82, 2.24) is 0 Å². The third kappa shape index (κ3) is 6.13. The van der Waals surface area contributed by atoms with E-state index in [4.69, 9.17) is 9.47 Å². The van der Waals surface area contributed by atoms with E-state index in [1.165, 1.54) is 12.8 Å². The van der Waals surface area contributed by atoms with Crippen molar-refractivity contribution in [3.05, 3.63) is 64.7 Å². The normalized spacial score (nSPS) is 16.2. The van der Waals surface area contributed by atoms with Gasteiger partial charge in [0, 0.05) is 36.3 Å². The molecule has 0 heterocycles. The van der Waals surface area contributed by atoms with Gasteiger partial charge >= 0.3 is 5.97 Å². The van der Waals surface area contributed by atoms with E-state index in [9.17, 15) is 9.59 Å². The van der Waals surface area contributed by atoms with Gasteiger partial charge in [-0.15, -0.1) is 0 Å². The quantitative estimate of drug-likeness (QED) is 0.279. The Bertz CT molecular complexity index is 1050. The van der Waals surface area contributed by atoms with Gasteiger partial charge in [0.15, 0.2) is 17.3 Å². The fourth-order valence-electron chi connectivity index (χ4n) is 4.00. The van der Waals surface area contributed by atoms with Gasteiger partial charge < -0.3 is 14.4 Å². The van der Waals surface area contributed by atoms with E-state index in [2.05, 4.69) is 43.0 Å². The molecule has 0 spiro atoms. The predicted molar refractivity (Wildman–Crippen MR) is 134 cm³/mol.